The van der Waals surface area contributed by atoms with Crippen molar-refractivity contribution in [3.8, 4) is 51.8 Å². The van der Waals surface area contributed by atoms with Gasteiger partial charge in [-0.15, -0.1) is 23.1 Å². The first kappa shape index (κ1) is 30.9. The second-order valence-electron chi connectivity index (χ2n) is 10.4. The molecule has 8 nitrogen and oxygen atoms in total. The zero-order valence-electron chi connectivity index (χ0n) is 25.0. The number of nitriles is 2. The monoisotopic (exact) mass is 624 g/mol. The minimum absolute atomic E-state index is 0.178. The second-order valence-corrected chi connectivity index (χ2v) is 12.6. The van der Waals surface area contributed by atoms with Gasteiger partial charge >= 0.3 is 0 Å². The predicted octanol–water partition coefficient (Wildman–Crippen LogP) is 7.49. The predicted molar refractivity (Wildman–Crippen MR) is 174 cm³/mol. The summed E-state index contributed by atoms with van der Waals surface area (Å²) in [7, 11) is 4.64. The molecule has 10 heteroatoms. The van der Waals surface area contributed by atoms with Crippen LogP contribution in [0.2, 0.25) is 0 Å². The molecule has 0 saturated carbocycles. The molecule has 0 spiro atoms. The Bertz CT molecular complexity index is 1750. The molecule has 2 heterocycles. The largest absolute Gasteiger partial charge is 0.493 e. The summed E-state index contributed by atoms with van der Waals surface area (Å²) in [5, 5.41) is 24.3. The standard InChI is InChI=1S/C34H32N4O4S2/c1-20-10-11-23-25(18-35)34(44-30(23)14-20)38-31(39)12-13-43-33-26(19-36)24(17-27(37-33)21-8-6-5-7-9-21)22-15-28(40-2)32(42-4)29(16-22)41-3/h5-9,15-17,20H,10-14H2,1-4H3,(H,38,39). The summed E-state index contributed by atoms with van der Waals surface area (Å²) < 4.78 is 16.6. The van der Waals surface area contributed by atoms with Gasteiger partial charge in [0, 0.05) is 28.2 Å². The molecular weight excluding hydrogens is 593 g/mol. The highest BCUT2D eigenvalue weighted by molar-refractivity contribution is 7.99. The highest BCUT2D eigenvalue weighted by atomic mass is 32.2. The first-order valence-electron chi connectivity index (χ1n) is 14.2. The van der Waals surface area contributed by atoms with Gasteiger partial charge in [0.25, 0.3) is 0 Å². The highest BCUT2D eigenvalue weighted by Crippen LogP contribution is 2.44. The molecule has 2 aromatic carbocycles. The van der Waals surface area contributed by atoms with Gasteiger partial charge in [-0.2, -0.15) is 10.5 Å². The van der Waals surface area contributed by atoms with Gasteiger partial charge in [-0.05, 0) is 54.5 Å². The van der Waals surface area contributed by atoms with E-state index in [0.29, 0.717) is 66.9 Å². The van der Waals surface area contributed by atoms with Gasteiger partial charge in [-0.3, -0.25) is 4.79 Å². The Hall–Kier alpha value is -4.51. The van der Waals surface area contributed by atoms with Crippen LogP contribution in [0.25, 0.3) is 22.4 Å². The summed E-state index contributed by atoms with van der Waals surface area (Å²) in [6.45, 7) is 2.22. The molecule has 44 heavy (non-hydrogen) atoms. The lowest BCUT2D eigenvalue weighted by Crippen LogP contribution is -2.12. The van der Waals surface area contributed by atoms with Crippen LogP contribution in [0.15, 0.2) is 53.6 Å². The van der Waals surface area contributed by atoms with Crippen LogP contribution >= 0.6 is 23.1 Å². The van der Waals surface area contributed by atoms with Gasteiger partial charge < -0.3 is 19.5 Å². The first-order chi connectivity index (χ1) is 21.4. The van der Waals surface area contributed by atoms with Crippen molar-refractivity contribution in [1.82, 2.24) is 4.98 Å². The Morgan fingerprint density at radius 2 is 1.73 bits per heavy atom. The SMILES string of the molecule is COc1cc(-c2cc(-c3ccccc3)nc(SCCC(=O)Nc3sc4c(c3C#N)CCC(C)C4)c2C#N)cc(OC)c1OC. The van der Waals surface area contributed by atoms with Crippen LogP contribution in [0.1, 0.15) is 41.3 Å². The molecule has 0 fully saturated rings. The summed E-state index contributed by atoms with van der Waals surface area (Å²) in [6.07, 6.45) is 3.05. The summed E-state index contributed by atoms with van der Waals surface area (Å²) in [5.41, 5.74) is 5.01. The Labute approximate surface area is 265 Å². The number of anilines is 1. The molecule has 1 amide bonds. The van der Waals surface area contributed by atoms with Crippen molar-refractivity contribution in [3.63, 3.8) is 0 Å². The molecule has 1 unspecified atom stereocenters. The van der Waals surface area contributed by atoms with Gasteiger partial charge in [0.2, 0.25) is 11.7 Å². The minimum atomic E-state index is -0.178. The Balaban J connectivity index is 1.44. The van der Waals surface area contributed by atoms with Crippen LogP contribution in [0, 0.1) is 28.6 Å². The molecule has 0 radical (unpaired) electrons. The van der Waals surface area contributed by atoms with Crippen molar-refractivity contribution < 1.29 is 19.0 Å². The lowest BCUT2D eigenvalue weighted by molar-refractivity contribution is -0.115. The number of pyridine rings is 1. The number of thiophene rings is 1. The van der Waals surface area contributed by atoms with E-state index in [0.717, 1.165) is 30.4 Å². The number of benzene rings is 2. The van der Waals surface area contributed by atoms with E-state index in [1.54, 1.807) is 21.3 Å². The molecule has 2 aromatic heterocycles. The fourth-order valence-corrected chi connectivity index (χ4v) is 7.66. The number of hydrogen-bond acceptors (Lipinski definition) is 9. The van der Waals surface area contributed by atoms with Gasteiger partial charge in [0.15, 0.2) is 11.5 Å². The maximum absolute atomic E-state index is 13.0. The molecule has 0 bridgehead atoms. The zero-order valence-corrected chi connectivity index (χ0v) is 26.7. The highest BCUT2D eigenvalue weighted by Gasteiger charge is 2.25. The number of carbonyl (C=O) groups excluding carboxylic acids is 1. The number of fused-ring (bicyclic) bond motifs is 1. The van der Waals surface area contributed by atoms with Gasteiger partial charge in [-0.25, -0.2) is 4.98 Å². The van der Waals surface area contributed by atoms with Crippen LogP contribution in [0.4, 0.5) is 5.00 Å². The van der Waals surface area contributed by atoms with Crippen molar-refractivity contribution in [2.24, 2.45) is 5.92 Å². The van der Waals surface area contributed by atoms with E-state index in [4.69, 9.17) is 19.2 Å². The smallest absolute Gasteiger partial charge is 0.225 e. The fraction of sp³-hybridized carbons (Fsp3) is 0.294. The van der Waals surface area contributed by atoms with Gasteiger partial charge in [0.05, 0.1) is 38.2 Å². The average Bonchev–Trinajstić information content (AvgIpc) is 3.39. The van der Waals surface area contributed by atoms with Crippen LogP contribution in [0.5, 0.6) is 17.2 Å². The second kappa shape index (κ2) is 13.9. The Morgan fingerprint density at radius 3 is 2.36 bits per heavy atom. The van der Waals surface area contributed by atoms with Crippen molar-refractivity contribution in [3.05, 3.63) is 70.1 Å². The number of nitrogens with one attached hydrogen (secondary N) is 1. The molecule has 5 rings (SSSR count). The Kier molecular flexibility index (Phi) is 9.74. The third-order valence-corrected chi connectivity index (χ3v) is 9.73. The van der Waals surface area contributed by atoms with E-state index in [1.165, 1.54) is 28.0 Å². The average molecular weight is 625 g/mol. The van der Waals surface area contributed by atoms with Crippen molar-refractivity contribution >= 4 is 34.0 Å². The lowest BCUT2D eigenvalue weighted by Gasteiger charge is -2.17. The topological polar surface area (TPSA) is 117 Å². The van der Waals surface area contributed by atoms with Crippen LogP contribution in [0.3, 0.4) is 0 Å². The quantitative estimate of drug-likeness (QED) is 0.180. The number of hydrogen-bond donors (Lipinski definition) is 1. The number of aromatic nitrogens is 1. The maximum atomic E-state index is 13.0. The third kappa shape index (κ3) is 6.37. The first-order valence-corrected chi connectivity index (χ1v) is 16.0. The summed E-state index contributed by atoms with van der Waals surface area (Å²) >= 11 is 2.87. The van der Waals surface area contributed by atoms with E-state index in [1.807, 2.05) is 48.5 Å². The number of rotatable bonds is 10. The van der Waals surface area contributed by atoms with E-state index < -0.39 is 0 Å². The third-order valence-electron chi connectivity index (χ3n) is 7.59. The summed E-state index contributed by atoms with van der Waals surface area (Å²) in [6, 6.07) is 19.9. The normalized spacial score (nSPS) is 13.7. The molecule has 1 aliphatic rings. The molecule has 1 aliphatic carbocycles. The number of amides is 1. The number of methoxy groups -OCH3 is 3. The van der Waals surface area contributed by atoms with E-state index >= 15 is 0 Å². The summed E-state index contributed by atoms with van der Waals surface area (Å²) in [5.74, 6) is 2.18. The lowest BCUT2D eigenvalue weighted by atomic mass is 9.89. The van der Waals surface area contributed by atoms with Gasteiger partial charge in [-0.1, -0.05) is 37.3 Å². The summed E-state index contributed by atoms with van der Waals surface area (Å²) in [4.78, 5) is 19.1. The molecule has 1 N–H and O–H groups in total. The molecule has 224 valence electrons. The van der Waals surface area contributed by atoms with Crippen molar-refractivity contribution in [2.45, 2.75) is 37.6 Å². The van der Waals surface area contributed by atoms with E-state index in [9.17, 15) is 15.3 Å². The molecule has 1 atom stereocenters. The fourth-order valence-electron chi connectivity index (χ4n) is 5.34. The van der Waals surface area contributed by atoms with Gasteiger partial charge in [0.1, 0.15) is 22.2 Å². The molecular formula is C34H32N4O4S2. The number of nitrogens with zero attached hydrogens (tertiary/aromatic N) is 3. The van der Waals surface area contributed by atoms with Crippen LogP contribution in [-0.4, -0.2) is 38.0 Å². The van der Waals surface area contributed by atoms with Crippen LogP contribution < -0.4 is 19.5 Å². The Morgan fingerprint density at radius 1 is 1.02 bits per heavy atom. The number of thioether (sulfide) groups is 1. The number of carbonyl (C=O) groups is 1. The maximum Gasteiger partial charge on any atom is 0.225 e. The number of ether oxygens (including phenoxy) is 3. The van der Waals surface area contributed by atoms with Crippen molar-refractivity contribution in [1.29, 1.82) is 10.5 Å². The minimum Gasteiger partial charge on any atom is -0.493 e. The zero-order chi connectivity index (χ0) is 31.2. The van der Waals surface area contributed by atoms with E-state index in [-0.39, 0.29) is 12.3 Å². The molecule has 0 aliphatic heterocycles. The van der Waals surface area contributed by atoms with Crippen molar-refractivity contribution in [2.75, 3.05) is 32.4 Å². The molecule has 4 aromatic rings. The molecule has 0 saturated heterocycles. The van der Waals surface area contributed by atoms with E-state index in [2.05, 4.69) is 24.4 Å². The van der Waals surface area contributed by atoms with Crippen LogP contribution in [-0.2, 0) is 17.6 Å².